The number of hydrogen-bond acceptors (Lipinski definition) is 8. The molecule has 1 aromatic heterocycles. The second-order valence-electron chi connectivity index (χ2n) is 7.36. The molecule has 1 saturated heterocycles. The molecular weight excluding hydrogens is 428 g/mol. The molecule has 3 aromatic rings. The van der Waals surface area contributed by atoms with Crippen molar-refractivity contribution in [3.05, 3.63) is 52.4 Å². The summed E-state index contributed by atoms with van der Waals surface area (Å²) >= 11 is 0. The molecule has 1 aliphatic heterocycles. The van der Waals surface area contributed by atoms with Crippen LogP contribution < -0.4 is 24.8 Å². The molecule has 0 atom stereocenters. The van der Waals surface area contributed by atoms with Crippen LogP contribution in [0.3, 0.4) is 0 Å². The molecule has 9 nitrogen and oxygen atoms in total. The Labute approximate surface area is 190 Å². The highest BCUT2D eigenvalue weighted by Crippen LogP contribution is 2.43. The van der Waals surface area contributed by atoms with Gasteiger partial charge in [0.1, 0.15) is 0 Å². The average molecular weight is 454 g/mol. The third-order valence-corrected chi connectivity index (χ3v) is 5.67. The summed E-state index contributed by atoms with van der Waals surface area (Å²) in [6.07, 6.45) is 0. The Morgan fingerprint density at radius 1 is 0.909 bits per heavy atom. The first-order chi connectivity index (χ1) is 16.0. The fourth-order valence-corrected chi connectivity index (χ4v) is 4.16. The molecule has 0 saturated carbocycles. The maximum atomic E-state index is 13.6. The third kappa shape index (κ3) is 3.84. The predicted molar refractivity (Wildman–Crippen MR) is 123 cm³/mol. The van der Waals surface area contributed by atoms with Crippen molar-refractivity contribution < 1.29 is 28.5 Å². The maximum Gasteiger partial charge on any atom is 0.357 e. The number of carbonyl (C=O) groups excluding carboxylic acids is 1. The van der Waals surface area contributed by atoms with E-state index in [4.69, 9.17) is 23.7 Å². The molecule has 0 spiro atoms. The number of aromatic nitrogens is 1. The third-order valence-electron chi connectivity index (χ3n) is 5.67. The number of morpholine rings is 1. The van der Waals surface area contributed by atoms with Crippen molar-refractivity contribution in [2.24, 2.45) is 0 Å². The number of ether oxygens (including phenoxy) is 5. The van der Waals surface area contributed by atoms with Gasteiger partial charge in [0.15, 0.2) is 17.2 Å². The lowest BCUT2D eigenvalue weighted by molar-refractivity contribution is 0.0580. The number of carbonyl (C=O) groups is 1. The van der Waals surface area contributed by atoms with Crippen molar-refractivity contribution in [3.8, 4) is 28.4 Å². The summed E-state index contributed by atoms with van der Waals surface area (Å²) in [6, 6.07) is 10.7. The van der Waals surface area contributed by atoms with Gasteiger partial charge < -0.3 is 28.7 Å². The zero-order valence-corrected chi connectivity index (χ0v) is 19.0. The van der Waals surface area contributed by atoms with Gasteiger partial charge in [0.2, 0.25) is 5.75 Å². The van der Waals surface area contributed by atoms with E-state index in [0.717, 1.165) is 0 Å². The normalized spacial score (nSPS) is 13.6. The molecule has 0 radical (unpaired) electrons. The Morgan fingerprint density at radius 3 is 2.06 bits per heavy atom. The van der Waals surface area contributed by atoms with Crippen molar-refractivity contribution in [2.75, 3.05) is 59.8 Å². The maximum absolute atomic E-state index is 13.6. The van der Waals surface area contributed by atoms with E-state index >= 15 is 0 Å². The average Bonchev–Trinajstić information content (AvgIpc) is 2.87. The first-order valence-corrected chi connectivity index (χ1v) is 10.4. The minimum atomic E-state index is -0.631. The number of benzene rings is 2. The first kappa shape index (κ1) is 22.5. The molecule has 0 unspecified atom stereocenters. The molecule has 9 heteroatoms. The monoisotopic (exact) mass is 454 g/mol. The van der Waals surface area contributed by atoms with Crippen molar-refractivity contribution in [3.63, 3.8) is 0 Å². The van der Waals surface area contributed by atoms with Gasteiger partial charge in [-0.15, -0.1) is 0 Å². The van der Waals surface area contributed by atoms with Crippen LogP contribution in [0.2, 0.25) is 0 Å². The first-order valence-electron chi connectivity index (χ1n) is 10.4. The van der Waals surface area contributed by atoms with Gasteiger partial charge in [0.25, 0.3) is 5.56 Å². The molecular formula is C24H26N2O7. The standard InChI is InChI=1S/C24H26N2O7/c1-29-18-13-15(14-19(30-2)22(18)31-3)20-16-7-5-6-8-17(16)23(27)26(21(20)24(28)32-4)25-9-11-33-12-10-25/h5-8,13-14H,9-12H2,1-4H3. The molecule has 0 amide bonds. The van der Waals surface area contributed by atoms with Gasteiger partial charge in [-0.3, -0.25) is 4.79 Å². The number of methoxy groups -OCH3 is 4. The van der Waals surface area contributed by atoms with Crippen LogP contribution in [-0.2, 0) is 9.47 Å². The van der Waals surface area contributed by atoms with E-state index in [1.807, 2.05) is 17.1 Å². The van der Waals surface area contributed by atoms with Crippen LogP contribution in [0.5, 0.6) is 17.2 Å². The van der Waals surface area contributed by atoms with Gasteiger partial charge >= 0.3 is 5.97 Å². The fraction of sp³-hybridized carbons (Fsp3) is 0.333. The molecule has 1 aliphatic rings. The minimum Gasteiger partial charge on any atom is -0.493 e. The van der Waals surface area contributed by atoms with E-state index in [0.29, 0.717) is 65.5 Å². The quantitative estimate of drug-likeness (QED) is 0.525. The molecule has 33 heavy (non-hydrogen) atoms. The van der Waals surface area contributed by atoms with Gasteiger partial charge in [-0.1, -0.05) is 18.2 Å². The Morgan fingerprint density at radius 2 is 1.52 bits per heavy atom. The molecule has 0 aliphatic carbocycles. The van der Waals surface area contributed by atoms with Gasteiger partial charge in [-0.2, -0.15) is 0 Å². The fourth-order valence-electron chi connectivity index (χ4n) is 4.16. The van der Waals surface area contributed by atoms with E-state index in [1.165, 1.54) is 33.1 Å². The van der Waals surface area contributed by atoms with Gasteiger partial charge in [0, 0.05) is 10.9 Å². The summed E-state index contributed by atoms with van der Waals surface area (Å²) in [7, 11) is 5.86. The number of esters is 1. The summed E-state index contributed by atoms with van der Waals surface area (Å²) in [5.74, 6) is 0.647. The summed E-state index contributed by atoms with van der Waals surface area (Å²) in [4.78, 5) is 26.8. The highest BCUT2D eigenvalue weighted by atomic mass is 16.5. The number of nitrogens with zero attached hydrogens (tertiary/aromatic N) is 2. The number of fused-ring (bicyclic) bond motifs is 1. The SMILES string of the molecule is COC(=O)c1c(-c2cc(OC)c(OC)c(OC)c2)c2ccccc2c(=O)n1N1CCOCC1. The van der Waals surface area contributed by atoms with Crippen molar-refractivity contribution in [1.29, 1.82) is 0 Å². The molecule has 2 aromatic carbocycles. The Balaban J connectivity index is 2.15. The van der Waals surface area contributed by atoms with Crippen LogP contribution in [0.4, 0.5) is 0 Å². The Bertz CT molecular complexity index is 1220. The van der Waals surface area contributed by atoms with Crippen LogP contribution >= 0.6 is 0 Å². The van der Waals surface area contributed by atoms with Gasteiger partial charge in [-0.25, -0.2) is 9.47 Å². The van der Waals surface area contributed by atoms with E-state index in [1.54, 1.807) is 24.3 Å². The van der Waals surface area contributed by atoms with Crippen LogP contribution in [-0.4, -0.2) is 65.4 Å². The van der Waals surface area contributed by atoms with E-state index in [9.17, 15) is 9.59 Å². The summed E-state index contributed by atoms with van der Waals surface area (Å²) in [5, 5.41) is 2.90. The van der Waals surface area contributed by atoms with Gasteiger partial charge in [-0.05, 0) is 29.1 Å². The van der Waals surface area contributed by atoms with Crippen LogP contribution in [0.15, 0.2) is 41.2 Å². The highest BCUT2D eigenvalue weighted by molar-refractivity contribution is 6.07. The topological polar surface area (TPSA) is 88.5 Å². The van der Waals surface area contributed by atoms with E-state index < -0.39 is 5.97 Å². The second kappa shape index (κ2) is 9.41. The number of hydrogen-bond donors (Lipinski definition) is 0. The van der Waals surface area contributed by atoms with E-state index in [2.05, 4.69) is 0 Å². The lowest BCUT2D eigenvalue weighted by atomic mass is 9.96. The zero-order valence-electron chi connectivity index (χ0n) is 19.0. The van der Waals surface area contributed by atoms with Crippen molar-refractivity contribution >= 4 is 16.7 Å². The van der Waals surface area contributed by atoms with Crippen molar-refractivity contribution in [2.45, 2.75) is 0 Å². The Hall–Kier alpha value is -3.72. The van der Waals surface area contributed by atoms with Crippen LogP contribution in [0.25, 0.3) is 21.9 Å². The second-order valence-corrected chi connectivity index (χ2v) is 7.36. The van der Waals surface area contributed by atoms with E-state index in [-0.39, 0.29) is 11.3 Å². The van der Waals surface area contributed by atoms with Crippen LogP contribution in [0, 0.1) is 0 Å². The zero-order chi connectivity index (χ0) is 23.5. The molecule has 174 valence electrons. The summed E-state index contributed by atoms with van der Waals surface area (Å²) < 4.78 is 28.5. The van der Waals surface area contributed by atoms with Crippen molar-refractivity contribution in [1.82, 2.24) is 4.68 Å². The van der Waals surface area contributed by atoms with Crippen LogP contribution in [0.1, 0.15) is 10.5 Å². The number of rotatable bonds is 6. The number of pyridine rings is 1. The molecule has 2 heterocycles. The molecule has 0 N–H and O–H groups in total. The smallest absolute Gasteiger partial charge is 0.357 e. The summed E-state index contributed by atoms with van der Waals surface area (Å²) in [6.45, 7) is 1.80. The molecule has 0 bridgehead atoms. The predicted octanol–water partition coefficient (Wildman–Crippen LogP) is 2.45. The summed E-state index contributed by atoms with van der Waals surface area (Å²) in [5.41, 5.74) is 0.965. The largest absolute Gasteiger partial charge is 0.493 e. The molecule has 4 rings (SSSR count). The molecule has 1 fully saturated rings. The Kier molecular flexibility index (Phi) is 6.41. The highest BCUT2D eigenvalue weighted by Gasteiger charge is 2.29. The minimum absolute atomic E-state index is 0.123. The lowest BCUT2D eigenvalue weighted by Gasteiger charge is -2.32. The lowest BCUT2D eigenvalue weighted by Crippen LogP contribution is -2.51. The van der Waals surface area contributed by atoms with Gasteiger partial charge in [0.05, 0.1) is 54.7 Å².